The highest BCUT2D eigenvalue weighted by Gasteiger charge is 2.32. The zero-order valence-corrected chi connectivity index (χ0v) is 13.8. The van der Waals surface area contributed by atoms with Crippen LogP contribution in [0.1, 0.15) is 25.5 Å². The number of piperidine rings is 1. The Balaban J connectivity index is 1.78. The van der Waals surface area contributed by atoms with Gasteiger partial charge in [-0.15, -0.1) is 10.2 Å². The molecule has 1 aliphatic rings. The lowest BCUT2D eigenvalue weighted by Crippen LogP contribution is -2.41. The normalized spacial score (nSPS) is 17.9. The summed E-state index contributed by atoms with van der Waals surface area (Å²) in [5.41, 5.74) is 2.28. The molecule has 2 aromatic heterocycles. The van der Waals surface area contributed by atoms with Gasteiger partial charge in [0.25, 0.3) is 0 Å². The molecule has 7 nitrogen and oxygen atoms in total. The Morgan fingerprint density at radius 3 is 2.64 bits per heavy atom. The van der Waals surface area contributed by atoms with Crippen molar-refractivity contribution in [2.75, 3.05) is 31.7 Å². The van der Waals surface area contributed by atoms with Gasteiger partial charge in [0.2, 0.25) is 5.95 Å². The van der Waals surface area contributed by atoms with E-state index in [4.69, 9.17) is 4.74 Å². The Bertz CT molecular complexity index is 638. The van der Waals surface area contributed by atoms with E-state index in [-0.39, 0.29) is 5.41 Å². The molecule has 7 heteroatoms. The van der Waals surface area contributed by atoms with E-state index in [1.54, 1.807) is 13.3 Å². The number of nitrogens with zero attached hydrogens (tertiary/aromatic N) is 5. The van der Waals surface area contributed by atoms with Crippen LogP contribution in [0.25, 0.3) is 11.4 Å². The average molecular weight is 304 g/mol. The third kappa shape index (κ3) is 2.61. The van der Waals surface area contributed by atoms with Crippen LogP contribution in [0.2, 0.25) is 0 Å². The van der Waals surface area contributed by atoms with Gasteiger partial charge < -0.3 is 9.64 Å². The fourth-order valence-electron chi connectivity index (χ4n) is 3.15. The van der Waals surface area contributed by atoms with E-state index in [1.165, 1.54) is 0 Å². The monoisotopic (exact) mass is 304 g/mol. The van der Waals surface area contributed by atoms with Crippen LogP contribution >= 0.6 is 0 Å². The van der Waals surface area contributed by atoms with Gasteiger partial charge in [0.05, 0.1) is 18.4 Å². The van der Waals surface area contributed by atoms with Gasteiger partial charge in [-0.25, -0.2) is 0 Å². The number of rotatable bonds is 4. The Labute approximate surface area is 130 Å². The molecule has 0 unspecified atom stereocenters. The van der Waals surface area contributed by atoms with Gasteiger partial charge in [0.1, 0.15) is 0 Å². The largest absolute Gasteiger partial charge is 0.384 e. The number of aromatic nitrogens is 5. The Morgan fingerprint density at radius 2 is 2.05 bits per heavy atom. The maximum absolute atomic E-state index is 5.35. The Hall–Kier alpha value is -1.89. The van der Waals surface area contributed by atoms with Gasteiger partial charge in [-0.1, -0.05) is 6.92 Å². The van der Waals surface area contributed by atoms with Crippen LogP contribution in [-0.4, -0.2) is 51.8 Å². The number of anilines is 1. The zero-order valence-electron chi connectivity index (χ0n) is 13.8. The lowest BCUT2D eigenvalue weighted by Gasteiger charge is -2.39. The topological polar surface area (TPSA) is 71.9 Å². The van der Waals surface area contributed by atoms with Crippen molar-refractivity contribution in [2.45, 2.75) is 26.7 Å². The second kappa shape index (κ2) is 5.72. The standard InChI is InChI=1S/C15H24N6O/c1-11-12(9-16-17-11)13-18-19-14(20(13)3)21-7-5-15(2,6-8-21)10-22-4/h9H,5-8,10H2,1-4H3,(H,16,17). The highest BCUT2D eigenvalue weighted by molar-refractivity contribution is 5.59. The molecule has 1 N–H and O–H groups in total. The minimum atomic E-state index is 0.272. The van der Waals surface area contributed by atoms with Crippen molar-refractivity contribution < 1.29 is 4.74 Å². The molecule has 2 aromatic rings. The van der Waals surface area contributed by atoms with Crippen LogP contribution in [0.4, 0.5) is 5.95 Å². The predicted molar refractivity (Wildman–Crippen MR) is 84.8 cm³/mol. The molecule has 0 atom stereocenters. The quantitative estimate of drug-likeness (QED) is 0.932. The van der Waals surface area contributed by atoms with Crippen molar-refractivity contribution in [3.8, 4) is 11.4 Å². The number of nitrogens with one attached hydrogen (secondary N) is 1. The fourth-order valence-corrected chi connectivity index (χ4v) is 3.15. The first-order valence-electron chi connectivity index (χ1n) is 7.68. The summed E-state index contributed by atoms with van der Waals surface area (Å²) < 4.78 is 7.41. The summed E-state index contributed by atoms with van der Waals surface area (Å²) in [6, 6.07) is 0. The van der Waals surface area contributed by atoms with Crippen molar-refractivity contribution in [3.05, 3.63) is 11.9 Å². The van der Waals surface area contributed by atoms with E-state index in [9.17, 15) is 0 Å². The van der Waals surface area contributed by atoms with Crippen molar-refractivity contribution >= 4 is 5.95 Å². The van der Waals surface area contributed by atoms with E-state index in [2.05, 4.69) is 36.8 Å². The molecule has 3 rings (SSSR count). The molecule has 22 heavy (non-hydrogen) atoms. The number of ether oxygens (including phenoxy) is 1. The number of hydrogen-bond acceptors (Lipinski definition) is 5. The maximum Gasteiger partial charge on any atom is 0.227 e. The zero-order chi connectivity index (χ0) is 15.7. The highest BCUT2D eigenvalue weighted by Crippen LogP contribution is 2.33. The minimum absolute atomic E-state index is 0.272. The summed E-state index contributed by atoms with van der Waals surface area (Å²) in [7, 11) is 3.79. The number of methoxy groups -OCH3 is 1. The lowest BCUT2D eigenvalue weighted by molar-refractivity contribution is 0.0728. The smallest absolute Gasteiger partial charge is 0.227 e. The molecule has 1 aliphatic heterocycles. The second-order valence-corrected chi connectivity index (χ2v) is 6.52. The fraction of sp³-hybridized carbons (Fsp3) is 0.667. The third-order valence-corrected chi connectivity index (χ3v) is 4.67. The van der Waals surface area contributed by atoms with Crippen LogP contribution < -0.4 is 4.90 Å². The summed E-state index contributed by atoms with van der Waals surface area (Å²) in [6.07, 6.45) is 4.01. The Morgan fingerprint density at radius 1 is 1.32 bits per heavy atom. The molecule has 0 aliphatic carbocycles. The van der Waals surface area contributed by atoms with E-state index < -0.39 is 0 Å². The van der Waals surface area contributed by atoms with Crippen molar-refractivity contribution in [1.29, 1.82) is 0 Å². The molecule has 0 saturated carbocycles. The van der Waals surface area contributed by atoms with Crippen LogP contribution in [0, 0.1) is 12.3 Å². The molecule has 1 fully saturated rings. The summed E-state index contributed by atoms with van der Waals surface area (Å²) >= 11 is 0. The summed E-state index contributed by atoms with van der Waals surface area (Å²) in [4.78, 5) is 2.31. The molecule has 0 amide bonds. The molecular formula is C15H24N6O. The van der Waals surface area contributed by atoms with Gasteiger partial charge in [-0.2, -0.15) is 5.10 Å². The molecule has 120 valence electrons. The van der Waals surface area contributed by atoms with Gasteiger partial charge in [0.15, 0.2) is 5.82 Å². The van der Waals surface area contributed by atoms with E-state index in [0.29, 0.717) is 0 Å². The lowest BCUT2D eigenvalue weighted by atomic mass is 9.81. The number of H-pyrrole nitrogens is 1. The van der Waals surface area contributed by atoms with Crippen LogP contribution in [-0.2, 0) is 11.8 Å². The first-order valence-corrected chi connectivity index (χ1v) is 7.68. The van der Waals surface area contributed by atoms with Gasteiger partial charge >= 0.3 is 0 Å². The molecule has 0 spiro atoms. The Kier molecular flexibility index (Phi) is 3.90. The van der Waals surface area contributed by atoms with Crippen LogP contribution in [0.15, 0.2) is 6.20 Å². The third-order valence-electron chi connectivity index (χ3n) is 4.67. The number of aryl methyl sites for hydroxylation is 1. The predicted octanol–water partition coefficient (Wildman–Crippen LogP) is 1.77. The van der Waals surface area contributed by atoms with Crippen molar-refractivity contribution in [3.63, 3.8) is 0 Å². The minimum Gasteiger partial charge on any atom is -0.384 e. The average Bonchev–Trinajstić information content (AvgIpc) is 3.06. The SMILES string of the molecule is COCC1(C)CCN(c2nnc(-c3cn[nH]c3C)n2C)CC1. The summed E-state index contributed by atoms with van der Waals surface area (Å²) in [5, 5.41) is 15.8. The van der Waals surface area contributed by atoms with Gasteiger partial charge in [-0.05, 0) is 25.2 Å². The summed E-state index contributed by atoms with van der Waals surface area (Å²) in [6.45, 7) is 7.07. The van der Waals surface area contributed by atoms with Crippen LogP contribution in [0.3, 0.4) is 0 Å². The van der Waals surface area contributed by atoms with E-state index >= 15 is 0 Å². The van der Waals surface area contributed by atoms with E-state index in [1.807, 2.05) is 14.0 Å². The number of aromatic amines is 1. The first-order chi connectivity index (χ1) is 10.5. The van der Waals surface area contributed by atoms with E-state index in [0.717, 1.165) is 55.6 Å². The number of hydrogen-bond donors (Lipinski definition) is 1. The molecular weight excluding hydrogens is 280 g/mol. The summed E-state index contributed by atoms with van der Waals surface area (Å²) in [5.74, 6) is 1.78. The van der Waals surface area contributed by atoms with Crippen molar-refractivity contribution in [2.24, 2.45) is 12.5 Å². The highest BCUT2D eigenvalue weighted by atomic mass is 16.5. The van der Waals surface area contributed by atoms with Crippen molar-refractivity contribution in [1.82, 2.24) is 25.0 Å². The molecule has 0 radical (unpaired) electrons. The second-order valence-electron chi connectivity index (χ2n) is 6.52. The van der Waals surface area contributed by atoms with Gasteiger partial charge in [0, 0.05) is 32.9 Å². The first kappa shape index (κ1) is 15.0. The maximum atomic E-state index is 5.35. The molecule has 3 heterocycles. The van der Waals surface area contributed by atoms with Gasteiger partial charge in [-0.3, -0.25) is 9.67 Å². The molecule has 0 bridgehead atoms. The molecule has 1 saturated heterocycles. The molecule has 0 aromatic carbocycles. The van der Waals surface area contributed by atoms with Crippen LogP contribution in [0.5, 0.6) is 0 Å².